The van der Waals surface area contributed by atoms with Gasteiger partial charge in [-0.25, -0.2) is 8.42 Å². The first kappa shape index (κ1) is 25.6. The number of ether oxygens (including phenoxy) is 1. The minimum Gasteiger partial charge on any atom is -0.481 e. The summed E-state index contributed by atoms with van der Waals surface area (Å²) in [5.74, 6) is -3.48. The van der Waals surface area contributed by atoms with Crippen LogP contribution in [0.2, 0.25) is 0 Å². The summed E-state index contributed by atoms with van der Waals surface area (Å²) in [6.45, 7) is 3.54. The Morgan fingerprint density at radius 2 is 1.77 bits per heavy atom. The number of rotatable bonds is 11. The summed E-state index contributed by atoms with van der Waals surface area (Å²) >= 11 is 5.70. The molecule has 0 unspecified atom stereocenters. The third-order valence-electron chi connectivity index (χ3n) is 4.18. The van der Waals surface area contributed by atoms with E-state index in [0.29, 0.717) is 0 Å². The zero-order chi connectivity index (χ0) is 22.9. The minimum atomic E-state index is -3.75. The predicted molar refractivity (Wildman–Crippen MR) is 112 cm³/mol. The Morgan fingerprint density at radius 3 is 2.27 bits per heavy atom. The van der Waals surface area contributed by atoms with E-state index in [1.165, 1.54) is 0 Å². The zero-order valence-corrected chi connectivity index (χ0v) is 18.6. The van der Waals surface area contributed by atoms with Crippen LogP contribution in [0.5, 0.6) is 0 Å². The van der Waals surface area contributed by atoms with E-state index < -0.39 is 50.4 Å². The van der Waals surface area contributed by atoms with Crippen LogP contribution in [-0.2, 0) is 35.6 Å². The van der Waals surface area contributed by atoms with Gasteiger partial charge in [0.05, 0.1) is 24.8 Å². The number of benzene rings is 1. The van der Waals surface area contributed by atoms with Crippen molar-refractivity contribution in [1.29, 1.82) is 0 Å². The molecule has 1 aromatic carbocycles. The molecule has 0 radical (unpaired) electrons. The maximum atomic E-state index is 12.7. The lowest BCUT2D eigenvalue weighted by atomic mass is 9.91. The number of esters is 1. The van der Waals surface area contributed by atoms with Crippen molar-refractivity contribution in [3.8, 4) is 0 Å². The fourth-order valence-corrected chi connectivity index (χ4v) is 3.08. The van der Waals surface area contributed by atoms with Gasteiger partial charge in [0, 0.05) is 6.26 Å². The van der Waals surface area contributed by atoms with Gasteiger partial charge in [-0.2, -0.15) is 0 Å². The number of hydrogen-bond donors (Lipinski definition) is 2. The molecule has 0 aromatic heterocycles. The molecule has 166 valence electrons. The van der Waals surface area contributed by atoms with E-state index in [0.717, 1.165) is 17.9 Å². The quantitative estimate of drug-likeness (QED) is 0.486. The Hall–Kier alpha value is -2.39. The largest absolute Gasteiger partial charge is 0.481 e. The highest BCUT2D eigenvalue weighted by Crippen LogP contribution is 2.19. The van der Waals surface area contributed by atoms with E-state index >= 15 is 0 Å². The molecule has 0 aliphatic rings. The van der Waals surface area contributed by atoms with E-state index in [9.17, 15) is 22.8 Å². The summed E-state index contributed by atoms with van der Waals surface area (Å²) in [5, 5.41) is 11.5. The molecular weight excluding hydrogens is 434 g/mol. The van der Waals surface area contributed by atoms with Crippen molar-refractivity contribution in [2.24, 2.45) is 11.8 Å². The van der Waals surface area contributed by atoms with Gasteiger partial charge in [0.15, 0.2) is 9.84 Å². The number of hydrogen-bond acceptors (Lipinski definition) is 6. The summed E-state index contributed by atoms with van der Waals surface area (Å²) in [6.07, 6.45) is 1.06. The molecule has 0 aliphatic heterocycles. The lowest BCUT2D eigenvalue weighted by Gasteiger charge is -2.22. The summed E-state index contributed by atoms with van der Waals surface area (Å²) in [7, 11) is -3.75. The fraction of sp³-hybridized carbons (Fsp3) is 0.450. The molecule has 0 heterocycles. The highest BCUT2D eigenvalue weighted by molar-refractivity contribution is 7.96. The second-order valence-electron chi connectivity index (χ2n) is 7.16. The normalized spacial score (nSPS) is 14.1. The number of carbonyl (C=O) groups excluding carboxylic acids is 2. The van der Waals surface area contributed by atoms with E-state index in [-0.39, 0.29) is 18.9 Å². The summed E-state index contributed by atoms with van der Waals surface area (Å²) < 4.78 is 27.6. The maximum Gasteiger partial charge on any atom is 0.306 e. The molecule has 30 heavy (non-hydrogen) atoms. The van der Waals surface area contributed by atoms with Crippen LogP contribution in [0.1, 0.15) is 32.3 Å². The Kier molecular flexibility index (Phi) is 10.0. The van der Waals surface area contributed by atoms with Gasteiger partial charge >= 0.3 is 11.9 Å². The van der Waals surface area contributed by atoms with Crippen molar-refractivity contribution in [1.82, 2.24) is 5.32 Å². The van der Waals surface area contributed by atoms with Crippen molar-refractivity contribution < 1.29 is 32.6 Å². The third-order valence-corrected chi connectivity index (χ3v) is 5.99. The Bertz CT molecular complexity index is 882. The van der Waals surface area contributed by atoms with Crippen molar-refractivity contribution in [2.75, 3.05) is 6.26 Å². The molecule has 0 saturated carbocycles. The molecule has 0 fully saturated rings. The number of nitrogens with one attached hydrogen (secondary N) is 1. The Labute approximate surface area is 181 Å². The number of halogens is 1. The second kappa shape index (κ2) is 11.7. The van der Waals surface area contributed by atoms with Crippen molar-refractivity contribution in [3.63, 3.8) is 0 Å². The van der Waals surface area contributed by atoms with Crippen LogP contribution in [-0.4, -0.2) is 43.7 Å². The first-order valence-corrected chi connectivity index (χ1v) is 11.5. The van der Waals surface area contributed by atoms with Crippen molar-refractivity contribution in [2.45, 2.75) is 39.3 Å². The molecule has 0 aliphatic carbocycles. The zero-order valence-electron chi connectivity index (χ0n) is 17.0. The number of carboxylic acid groups (broad SMARTS) is 1. The molecule has 8 nitrogen and oxygen atoms in total. The molecule has 10 heteroatoms. The molecule has 0 spiro atoms. The predicted octanol–water partition coefficient (Wildman–Crippen LogP) is 2.48. The van der Waals surface area contributed by atoms with Crippen molar-refractivity contribution in [3.05, 3.63) is 46.3 Å². The van der Waals surface area contributed by atoms with E-state index in [1.54, 1.807) is 26.0 Å². The molecule has 0 bridgehead atoms. The van der Waals surface area contributed by atoms with Crippen LogP contribution >= 0.6 is 11.6 Å². The Balaban J connectivity index is 2.84. The SMILES string of the molecule is CC(C)[C@@H](CC(=O)OCc1ccccc1)C(=O)N[C@H](/C=C(\Cl)S(C)(=O)=O)CC(=O)O. The van der Waals surface area contributed by atoms with E-state index in [4.69, 9.17) is 21.4 Å². The van der Waals surface area contributed by atoms with Gasteiger partial charge in [-0.05, 0) is 17.6 Å². The first-order chi connectivity index (χ1) is 13.9. The molecule has 1 aromatic rings. The molecule has 1 rings (SSSR count). The van der Waals surface area contributed by atoms with Crippen LogP contribution in [0, 0.1) is 11.8 Å². The minimum absolute atomic E-state index is 0.0699. The molecule has 2 atom stereocenters. The molecule has 2 N–H and O–H groups in total. The number of aliphatic carboxylic acids is 1. The summed E-state index contributed by atoms with van der Waals surface area (Å²) in [4.78, 5) is 36.0. The average molecular weight is 460 g/mol. The summed E-state index contributed by atoms with van der Waals surface area (Å²) in [5.41, 5.74) is 0.804. The van der Waals surface area contributed by atoms with Crippen LogP contribution < -0.4 is 5.32 Å². The van der Waals surface area contributed by atoms with Gasteiger partial charge in [-0.3, -0.25) is 14.4 Å². The lowest BCUT2D eigenvalue weighted by molar-refractivity contribution is -0.149. The molecular formula is C20H26ClNO7S. The monoisotopic (exact) mass is 459 g/mol. The standard InChI is InChI=1S/C20H26ClNO7S/c1-13(2)16(11-19(25)29-12-14-7-5-4-6-8-14)20(26)22-15(10-18(23)24)9-17(21)30(3,27)28/h4-9,13,15-16H,10-12H2,1-3H3,(H,22,26)(H,23,24)/b17-9+/t15-,16-/m1/s1. The van der Waals surface area contributed by atoms with Crippen LogP contribution in [0.4, 0.5) is 0 Å². The summed E-state index contributed by atoms with van der Waals surface area (Å²) in [6, 6.07) is 7.90. The number of carboxylic acids is 1. The van der Waals surface area contributed by atoms with E-state index in [1.807, 2.05) is 18.2 Å². The third kappa shape index (κ3) is 9.41. The Morgan fingerprint density at radius 1 is 1.17 bits per heavy atom. The topological polar surface area (TPSA) is 127 Å². The van der Waals surface area contributed by atoms with Crippen LogP contribution in [0.15, 0.2) is 40.8 Å². The second-order valence-corrected chi connectivity index (χ2v) is 9.77. The fourth-order valence-electron chi connectivity index (χ4n) is 2.52. The van der Waals surface area contributed by atoms with Crippen LogP contribution in [0.25, 0.3) is 0 Å². The van der Waals surface area contributed by atoms with Gasteiger partial charge in [0.25, 0.3) is 0 Å². The van der Waals surface area contributed by atoms with Gasteiger partial charge in [0.2, 0.25) is 5.91 Å². The van der Waals surface area contributed by atoms with Gasteiger partial charge < -0.3 is 15.2 Å². The van der Waals surface area contributed by atoms with Crippen molar-refractivity contribution >= 4 is 39.3 Å². The number of carbonyl (C=O) groups is 3. The van der Waals surface area contributed by atoms with Crippen LogP contribution in [0.3, 0.4) is 0 Å². The first-order valence-electron chi connectivity index (χ1n) is 9.19. The molecule has 0 saturated heterocycles. The van der Waals surface area contributed by atoms with Gasteiger partial charge in [-0.1, -0.05) is 55.8 Å². The number of sulfone groups is 1. The average Bonchev–Trinajstić information content (AvgIpc) is 2.63. The van der Waals surface area contributed by atoms with Gasteiger partial charge in [-0.15, -0.1) is 0 Å². The molecule has 1 amide bonds. The highest BCUT2D eigenvalue weighted by Gasteiger charge is 2.28. The highest BCUT2D eigenvalue weighted by atomic mass is 35.5. The maximum absolute atomic E-state index is 12.7. The number of amides is 1. The lowest BCUT2D eigenvalue weighted by Crippen LogP contribution is -2.41. The van der Waals surface area contributed by atoms with E-state index in [2.05, 4.69) is 5.32 Å². The smallest absolute Gasteiger partial charge is 0.306 e. The van der Waals surface area contributed by atoms with Gasteiger partial charge in [0.1, 0.15) is 11.0 Å².